The van der Waals surface area contributed by atoms with Gasteiger partial charge in [0.1, 0.15) is 16.8 Å². The van der Waals surface area contributed by atoms with Crippen molar-refractivity contribution in [3.8, 4) is 5.75 Å². The van der Waals surface area contributed by atoms with Crippen LogP contribution in [0.15, 0.2) is 18.2 Å². The molecule has 0 atom stereocenters. The third-order valence-corrected chi connectivity index (χ3v) is 3.05. The van der Waals surface area contributed by atoms with E-state index < -0.39 is 26.8 Å². The molecule has 1 rings (SSSR count). The average Bonchev–Trinajstić information content (AvgIpc) is 2.10. The van der Waals surface area contributed by atoms with Crippen molar-refractivity contribution in [1.29, 1.82) is 0 Å². The number of anilines is 1. The first-order valence-electron chi connectivity index (χ1n) is 3.49. The van der Waals surface area contributed by atoms with Crippen LogP contribution in [-0.2, 0) is 10.0 Å². The molecule has 0 aliphatic heterocycles. The van der Waals surface area contributed by atoms with E-state index in [1.54, 1.807) is 0 Å². The summed E-state index contributed by atoms with van der Waals surface area (Å²) in [7, 11) is -3.67. The molecule has 0 heterocycles. The fourth-order valence-electron chi connectivity index (χ4n) is 0.786. The maximum absolute atomic E-state index is 12.5. The number of phenolic OH excluding ortho intramolecular Hbond substituents is 1. The Morgan fingerprint density at radius 2 is 2.14 bits per heavy atom. The Morgan fingerprint density at radius 3 is 2.64 bits per heavy atom. The summed E-state index contributed by atoms with van der Waals surface area (Å²) in [5.74, 6) is -1.14. The van der Waals surface area contributed by atoms with Crippen LogP contribution < -0.4 is 4.72 Å². The van der Waals surface area contributed by atoms with Crippen LogP contribution in [0.5, 0.6) is 5.75 Å². The molecule has 0 saturated carbocycles. The normalized spacial score (nSPS) is 11.3. The lowest BCUT2D eigenvalue weighted by atomic mass is 10.3. The van der Waals surface area contributed by atoms with Gasteiger partial charge in [-0.3, -0.25) is 4.72 Å². The van der Waals surface area contributed by atoms with Crippen molar-refractivity contribution in [2.24, 2.45) is 0 Å². The minimum atomic E-state index is -3.67. The summed E-state index contributed by atoms with van der Waals surface area (Å²) in [4.78, 5) is 0. The van der Waals surface area contributed by atoms with Gasteiger partial charge in [-0.1, -0.05) is 0 Å². The number of halogens is 2. The number of rotatable bonds is 3. The molecule has 2 N–H and O–H groups in total. The third kappa shape index (κ3) is 2.74. The Balaban J connectivity index is 2.99. The van der Waals surface area contributed by atoms with Crippen LogP contribution in [0.3, 0.4) is 0 Å². The maximum atomic E-state index is 12.5. The van der Waals surface area contributed by atoms with Gasteiger partial charge >= 0.3 is 0 Å². The molecular weight excluding hydrogens is 233 g/mol. The number of nitrogens with one attached hydrogen (secondary N) is 1. The monoisotopic (exact) mass is 239 g/mol. The van der Waals surface area contributed by atoms with Gasteiger partial charge in [0.2, 0.25) is 10.0 Å². The van der Waals surface area contributed by atoms with Crippen LogP contribution in [0.1, 0.15) is 0 Å². The standard InChI is InChI=1S/C7H7ClFNO3S/c8-4-14(12,13)10-6-2-1-5(9)3-7(6)11/h1-3,10-11H,4H2. The van der Waals surface area contributed by atoms with E-state index in [1.165, 1.54) is 0 Å². The van der Waals surface area contributed by atoms with Gasteiger partial charge in [0.05, 0.1) is 5.69 Å². The molecule has 78 valence electrons. The van der Waals surface area contributed by atoms with Crippen LogP contribution in [0.2, 0.25) is 0 Å². The summed E-state index contributed by atoms with van der Waals surface area (Å²) < 4.78 is 36.4. The van der Waals surface area contributed by atoms with Crippen molar-refractivity contribution in [2.75, 3.05) is 9.93 Å². The van der Waals surface area contributed by atoms with E-state index in [0.29, 0.717) is 0 Å². The van der Waals surface area contributed by atoms with E-state index >= 15 is 0 Å². The minimum Gasteiger partial charge on any atom is -0.506 e. The van der Waals surface area contributed by atoms with Gasteiger partial charge in [-0.15, -0.1) is 11.6 Å². The molecule has 0 fully saturated rings. The van der Waals surface area contributed by atoms with Crippen molar-refractivity contribution in [2.45, 2.75) is 0 Å². The summed E-state index contributed by atoms with van der Waals surface area (Å²) in [6.45, 7) is 0. The Kier molecular flexibility index (Phi) is 3.17. The SMILES string of the molecule is O=S(=O)(CCl)Nc1ccc(F)cc1O. The molecule has 1 aromatic rings. The van der Waals surface area contributed by atoms with Crippen molar-refractivity contribution >= 4 is 27.3 Å². The molecule has 0 radical (unpaired) electrons. The summed E-state index contributed by atoms with van der Waals surface area (Å²) in [5, 5.41) is 8.51. The quantitative estimate of drug-likeness (QED) is 0.620. The van der Waals surface area contributed by atoms with E-state index in [9.17, 15) is 12.8 Å². The fraction of sp³-hybridized carbons (Fsp3) is 0.143. The molecule has 14 heavy (non-hydrogen) atoms. The van der Waals surface area contributed by atoms with E-state index in [4.69, 9.17) is 16.7 Å². The highest BCUT2D eigenvalue weighted by molar-refractivity contribution is 7.93. The van der Waals surface area contributed by atoms with Gasteiger partial charge in [-0.2, -0.15) is 0 Å². The summed E-state index contributed by atoms with van der Waals surface area (Å²) in [6.07, 6.45) is 0. The van der Waals surface area contributed by atoms with Crippen molar-refractivity contribution < 1.29 is 17.9 Å². The van der Waals surface area contributed by atoms with Gasteiger partial charge < -0.3 is 5.11 Å². The molecule has 0 aromatic heterocycles. The Hall–Kier alpha value is -1.01. The molecule has 4 nitrogen and oxygen atoms in total. The third-order valence-electron chi connectivity index (χ3n) is 1.37. The van der Waals surface area contributed by atoms with E-state index in [-0.39, 0.29) is 5.69 Å². The maximum Gasteiger partial charge on any atom is 0.246 e. The van der Waals surface area contributed by atoms with E-state index in [2.05, 4.69) is 0 Å². The number of phenols is 1. The molecule has 0 amide bonds. The topological polar surface area (TPSA) is 66.4 Å². The summed E-state index contributed by atoms with van der Waals surface area (Å²) in [6, 6.07) is 2.92. The predicted octanol–water partition coefficient (Wildman–Crippen LogP) is 1.47. The smallest absolute Gasteiger partial charge is 0.246 e. The second-order valence-corrected chi connectivity index (χ2v) is 4.79. The second kappa shape index (κ2) is 4.02. The minimum absolute atomic E-state index is 0.105. The lowest BCUT2D eigenvalue weighted by molar-refractivity contribution is 0.471. The van der Waals surface area contributed by atoms with Crippen LogP contribution in [0, 0.1) is 5.82 Å². The van der Waals surface area contributed by atoms with Crippen LogP contribution in [0.4, 0.5) is 10.1 Å². The van der Waals surface area contributed by atoms with Gasteiger partial charge in [-0.05, 0) is 12.1 Å². The largest absolute Gasteiger partial charge is 0.506 e. The van der Waals surface area contributed by atoms with E-state index in [0.717, 1.165) is 18.2 Å². The highest BCUT2D eigenvalue weighted by Crippen LogP contribution is 2.24. The van der Waals surface area contributed by atoms with Gasteiger partial charge in [0, 0.05) is 6.07 Å². The second-order valence-electron chi connectivity index (χ2n) is 2.49. The van der Waals surface area contributed by atoms with Crippen molar-refractivity contribution in [3.63, 3.8) is 0 Å². The Morgan fingerprint density at radius 1 is 1.50 bits per heavy atom. The molecule has 0 aliphatic rings. The van der Waals surface area contributed by atoms with Crippen molar-refractivity contribution in [1.82, 2.24) is 0 Å². The first-order valence-corrected chi connectivity index (χ1v) is 5.68. The lowest BCUT2D eigenvalue weighted by Crippen LogP contribution is -2.13. The molecular formula is C7H7ClFNO3S. The zero-order valence-corrected chi connectivity index (χ0v) is 8.44. The highest BCUT2D eigenvalue weighted by atomic mass is 35.5. The Bertz CT molecular complexity index is 435. The lowest BCUT2D eigenvalue weighted by Gasteiger charge is -2.06. The number of alkyl halides is 1. The zero-order valence-electron chi connectivity index (χ0n) is 6.87. The summed E-state index contributed by atoms with van der Waals surface area (Å²) >= 11 is 5.12. The number of benzene rings is 1. The van der Waals surface area contributed by atoms with Gasteiger partial charge in [-0.25, -0.2) is 12.8 Å². The Labute approximate surface area is 85.4 Å². The summed E-state index contributed by atoms with van der Waals surface area (Å²) in [5.41, 5.74) is -0.105. The first-order chi connectivity index (χ1) is 6.44. The molecule has 0 saturated heterocycles. The molecule has 0 aliphatic carbocycles. The molecule has 0 bridgehead atoms. The molecule has 0 spiro atoms. The van der Waals surface area contributed by atoms with Crippen LogP contribution in [0.25, 0.3) is 0 Å². The molecule has 0 unspecified atom stereocenters. The fourth-order valence-corrected chi connectivity index (χ4v) is 1.51. The molecule has 7 heteroatoms. The number of hydrogen-bond acceptors (Lipinski definition) is 3. The highest BCUT2D eigenvalue weighted by Gasteiger charge is 2.11. The van der Waals surface area contributed by atoms with Gasteiger partial charge in [0.15, 0.2) is 0 Å². The van der Waals surface area contributed by atoms with Crippen LogP contribution in [-0.4, -0.2) is 18.7 Å². The van der Waals surface area contributed by atoms with E-state index in [1.807, 2.05) is 4.72 Å². The van der Waals surface area contributed by atoms with Gasteiger partial charge in [0.25, 0.3) is 0 Å². The predicted molar refractivity (Wildman–Crippen MR) is 51.3 cm³/mol. The molecule has 1 aromatic carbocycles. The zero-order chi connectivity index (χ0) is 10.8. The average molecular weight is 240 g/mol. The first kappa shape index (κ1) is 11.1. The number of sulfonamides is 1. The number of hydrogen-bond donors (Lipinski definition) is 2. The number of aromatic hydroxyl groups is 1. The van der Waals surface area contributed by atoms with Crippen molar-refractivity contribution in [3.05, 3.63) is 24.0 Å². The van der Waals surface area contributed by atoms with Crippen LogP contribution >= 0.6 is 11.6 Å².